The van der Waals surface area contributed by atoms with Gasteiger partial charge in [0.1, 0.15) is 11.8 Å². The maximum Gasteiger partial charge on any atom is 0.338 e. The van der Waals surface area contributed by atoms with Crippen molar-refractivity contribution >= 4 is 58.2 Å². The molecule has 11 nitrogen and oxygen atoms in total. The summed E-state index contributed by atoms with van der Waals surface area (Å²) in [5.74, 6) is -3.50. The number of carbonyl (C=O) groups is 4. The third-order valence-electron chi connectivity index (χ3n) is 7.89. The molecule has 2 aliphatic heterocycles. The van der Waals surface area contributed by atoms with Crippen molar-refractivity contribution in [3.8, 4) is 11.5 Å². The van der Waals surface area contributed by atoms with Gasteiger partial charge in [0.05, 0.1) is 35.9 Å². The third-order valence-corrected chi connectivity index (χ3v) is 10.5. The second kappa shape index (κ2) is 12.5. The molecule has 3 aromatic carbocycles. The number of aromatic nitrogens is 1. The van der Waals surface area contributed by atoms with Gasteiger partial charge < -0.3 is 19.9 Å². The van der Waals surface area contributed by atoms with Gasteiger partial charge in [-0.15, -0.1) is 0 Å². The van der Waals surface area contributed by atoms with Gasteiger partial charge in [-0.05, 0) is 67.9 Å². The Labute approximate surface area is 271 Å². The van der Waals surface area contributed by atoms with Gasteiger partial charge in [0.2, 0.25) is 17.7 Å². The number of rotatable bonds is 8. The fraction of sp³-hybridized carbons (Fsp3) is 0.242. The molecule has 13 heteroatoms. The molecule has 1 saturated heterocycles. The van der Waals surface area contributed by atoms with Crippen molar-refractivity contribution in [2.45, 2.75) is 36.6 Å². The fourth-order valence-corrected chi connectivity index (χ4v) is 8.47. The van der Waals surface area contributed by atoms with Crippen molar-refractivity contribution in [3.63, 3.8) is 0 Å². The van der Waals surface area contributed by atoms with Crippen LogP contribution in [0.4, 0.5) is 11.4 Å². The molecule has 3 heterocycles. The van der Waals surface area contributed by atoms with E-state index >= 15 is 0 Å². The second-order valence-corrected chi connectivity index (χ2v) is 12.9. The number of ether oxygens (including phenoxy) is 2. The monoisotopic (exact) mass is 659 g/mol. The van der Waals surface area contributed by atoms with E-state index in [0.29, 0.717) is 26.8 Å². The highest BCUT2D eigenvalue weighted by Crippen LogP contribution is 2.54. The van der Waals surface area contributed by atoms with E-state index in [2.05, 4.69) is 5.32 Å². The molecular formula is C33H29N3O8S2. The van der Waals surface area contributed by atoms with Crippen molar-refractivity contribution in [2.24, 2.45) is 5.92 Å². The van der Waals surface area contributed by atoms with E-state index in [1.165, 1.54) is 42.0 Å². The third kappa shape index (κ3) is 5.56. The lowest BCUT2D eigenvalue weighted by Gasteiger charge is -2.31. The Morgan fingerprint density at radius 3 is 2.37 bits per heavy atom. The molecule has 0 aliphatic carbocycles. The Hall–Kier alpha value is -4.88. The molecule has 1 aromatic heterocycles. The Bertz CT molecular complexity index is 1920. The average molecular weight is 660 g/mol. The molecule has 4 aromatic rings. The number of hydrogen-bond acceptors (Lipinski definition) is 10. The van der Waals surface area contributed by atoms with Gasteiger partial charge in [-0.25, -0.2) is 9.69 Å². The first-order valence-corrected chi connectivity index (χ1v) is 16.1. The van der Waals surface area contributed by atoms with E-state index in [1.807, 2.05) is 19.1 Å². The molecule has 2 aliphatic rings. The van der Waals surface area contributed by atoms with Crippen LogP contribution >= 0.6 is 23.1 Å². The van der Waals surface area contributed by atoms with Crippen molar-refractivity contribution in [1.82, 2.24) is 4.57 Å². The van der Waals surface area contributed by atoms with Gasteiger partial charge in [0.15, 0.2) is 11.5 Å². The number of nitrogens with one attached hydrogen (secondary N) is 1. The molecule has 46 heavy (non-hydrogen) atoms. The maximum atomic E-state index is 14.2. The number of phenols is 1. The zero-order valence-corrected chi connectivity index (χ0v) is 26.6. The molecule has 3 atom stereocenters. The lowest BCUT2D eigenvalue weighted by atomic mass is 9.83. The highest BCUT2D eigenvalue weighted by atomic mass is 32.2. The Kier molecular flexibility index (Phi) is 8.45. The number of aromatic hydroxyl groups is 1. The highest BCUT2D eigenvalue weighted by Gasteiger charge is 2.57. The largest absolute Gasteiger partial charge is 0.504 e. The highest BCUT2D eigenvalue weighted by molar-refractivity contribution is 8.00. The molecule has 3 unspecified atom stereocenters. The first kappa shape index (κ1) is 31.1. The van der Waals surface area contributed by atoms with Gasteiger partial charge in [-0.2, -0.15) is 0 Å². The number of imide groups is 1. The summed E-state index contributed by atoms with van der Waals surface area (Å²) in [6.45, 7) is 3.54. The molecule has 2 N–H and O–H groups in total. The average Bonchev–Trinajstić information content (AvgIpc) is 3.48. The summed E-state index contributed by atoms with van der Waals surface area (Å²) in [7, 11) is 1.40. The first-order valence-electron chi connectivity index (χ1n) is 14.4. The Balaban J connectivity index is 1.39. The summed E-state index contributed by atoms with van der Waals surface area (Å²) in [4.78, 5) is 68.1. The summed E-state index contributed by atoms with van der Waals surface area (Å²) < 4.78 is 11.7. The van der Waals surface area contributed by atoms with E-state index in [9.17, 15) is 29.1 Å². The smallest absolute Gasteiger partial charge is 0.338 e. The van der Waals surface area contributed by atoms with Gasteiger partial charge in [-0.1, -0.05) is 46.9 Å². The number of methoxy groups -OCH3 is 1. The number of nitrogens with zero attached hydrogens (tertiary/aromatic N) is 2. The van der Waals surface area contributed by atoms with E-state index in [4.69, 9.17) is 9.47 Å². The standard InChI is InChI=1S/C33H29N3O8S2/c1-4-44-32(41)18-7-12-21(13-8-18)36-29(39)26-25(19-9-14-22(37)23(15-19)43-3)28-31(45-27(26)30(36)40)35(33(42)46-28)16-24(38)34-20-10-5-17(2)6-11-20/h5-15,25-27,37H,4,16H2,1-3H3,(H,34,38). The van der Waals surface area contributed by atoms with Crippen LogP contribution in [0.15, 0.2) is 76.6 Å². The van der Waals surface area contributed by atoms with Crippen LogP contribution in [0.25, 0.3) is 0 Å². The summed E-state index contributed by atoms with van der Waals surface area (Å²) in [6, 6.07) is 17.9. The predicted molar refractivity (Wildman–Crippen MR) is 173 cm³/mol. The number of phenolic OH excluding ortho intramolecular Hbond substituents is 1. The number of amides is 3. The molecule has 236 valence electrons. The molecule has 0 bridgehead atoms. The van der Waals surface area contributed by atoms with Crippen LogP contribution in [0, 0.1) is 12.8 Å². The zero-order chi connectivity index (χ0) is 32.7. The van der Waals surface area contributed by atoms with E-state index < -0.39 is 45.6 Å². The molecule has 0 saturated carbocycles. The van der Waals surface area contributed by atoms with Crippen LogP contribution in [0.5, 0.6) is 11.5 Å². The molecule has 6 rings (SSSR count). The summed E-state index contributed by atoms with van der Waals surface area (Å²) >= 11 is 2.00. The SMILES string of the molecule is CCOC(=O)c1ccc(N2C(=O)C3Sc4c(sc(=O)n4CC(=O)Nc4ccc(C)cc4)C(c4ccc(O)c(OC)c4)C3C2=O)cc1. The molecule has 0 radical (unpaired) electrons. The van der Waals surface area contributed by atoms with Crippen LogP contribution in [0.1, 0.15) is 39.2 Å². The number of carbonyl (C=O) groups excluding carboxylic acids is 4. The molecule has 3 amide bonds. The minimum absolute atomic E-state index is 0.108. The second-order valence-electron chi connectivity index (χ2n) is 10.8. The summed E-state index contributed by atoms with van der Waals surface area (Å²) in [5, 5.41) is 12.6. The van der Waals surface area contributed by atoms with Gasteiger partial charge in [0.25, 0.3) is 0 Å². The van der Waals surface area contributed by atoms with Crippen molar-refractivity contribution in [3.05, 3.63) is 98.0 Å². The van der Waals surface area contributed by atoms with Gasteiger partial charge in [0, 0.05) is 16.5 Å². The topological polar surface area (TPSA) is 144 Å². The summed E-state index contributed by atoms with van der Waals surface area (Å²) in [6.07, 6.45) is 0. The van der Waals surface area contributed by atoms with Crippen LogP contribution < -0.4 is 19.8 Å². The number of aryl methyl sites for hydroxylation is 1. The number of fused-ring (bicyclic) bond motifs is 2. The van der Waals surface area contributed by atoms with Crippen LogP contribution in [0.3, 0.4) is 0 Å². The minimum atomic E-state index is -0.921. The first-order chi connectivity index (χ1) is 22.1. The number of hydrogen-bond donors (Lipinski definition) is 2. The van der Waals surface area contributed by atoms with E-state index in [1.54, 1.807) is 31.2 Å². The van der Waals surface area contributed by atoms with Gasteiger partial charge >= 0.3 is 10.8 Å². The quantitative estimate of drug-likeness (QED) is 0.206. The van der Waals surface area contributed by atoms with Crippen molar-refractivity contribution in [1.29, 1.82) is 0 Å². The fourth-order valence-electron chi connectivity index (χ4n) is 5.70. The van der Waals surface area contributed by atoms with E-state index in [-0.39, 0.29) is 30.2 Å². The Morgan fingerprint density at radius 2 is 1.70 bits per heavy atom. The lowest BCUT2D eigenvalue weighted by Crippen LogP contribution is -2.33. The number of benzene rings is 3. The minimum Gasteiger partial charge on any atom is -0.504 e. The van der Waals surface area contributed by atoms with Crippen molar-refractivity contribution in [2.75, 3.05) is 23.9 Å². The van der Waals surface area contributed by atoms with Crippen molar-refractivity contribution < 1.29 is 33.8 Å². The zero-order valence-electron chi connectivity index (χ0n) is 25.0. The lowest BCUT2D eigenvalue weighted by molar-refractivity contribution is -0.122. The molecule has 1 fully saturated rings. The van der Waals surface area contributed by atoms with Gasteiger partial charge in [-0.3, -0.25) is 23.7 Å². The maximum absolute atomic E-state index is 14.2. The van der Waals surface area contributed by atoms with Crippen LogP contribution in [0.2, 0.25) is 0 Å². The summed E-state index contributed by atoms with van der Waals surface area (Å²) in [5.41, 5.74) is 2.74. The predicted octanol–water partition coefficient (Wildman–Crippen LogP) is 4.54. The Morgan fingerprint density at radius 1 is 0.978 bits per heavy atom. The molecule has 0 spiro atoms. The van der Waals surface area contributed by atoms with Crippen LogP contribution in [-0.4, -0.2) is 52.3 Å². The number of esters is 1. The van der Waals surface area contributed by atoms with Crippen LogP contribution in [-0.2, 0) is 25.7 Å². The number of thioether (sulfide) groups is 1. The van der Waals surface area contributed by atoms with E-state index in [0.717, 1.165) is 33.6 Å². The normalized spacial score (nSPS) is 18.6. The number of anilines is 2. The number of thiazole rings is 1. The molecular weight excluding hydrogens is 631 g/mol.